The van der Waals surface area contributed by atoms with E-state index in [4.69, 9.17) is 4.74 Å². The number of carbonyl (C=O) groups is 1. The van der Waals surface area contributed by atoms with Crippen LogP contribution in [0.3, 0.4) is 0 Å². The van der Waals surface area contributed by atoms with Crippen molar-refractivity contribution in [1.82, 2.24) is 4.90 Å². The molecule has 4 aliphatic rings. The van der Waals surface area contributed by atoms with Crippen molar-refractivity contribution >= 4 is 5.97 Å². The number of esters is 1. The van der Waals surface area contributed by atoms with Gasteiger partial charge in [0.05, 0.1) is 5.70 Å². The van der Waals surface area contributed by atoms with Crippen LogP contribution in [0.5, 0.6) is 0 Å². The van der Waals surface area contributed by atoms with Crippen molar-refractivity contribution in [2.75, 3.05) is 13.1 Å². The summed E-state index contributed by atoms with van der Waals surface area (Å²) in [5.74, 6) is 1.24. The van der Waals surface area contributed by atoms with Gasteiger partial charge in [-0.2, -0.15) is 0 Å². The Kier molecular flexibility index (Phi) is 2.04. The quantitative estimate of drug-likeness (QED) is 0.609. The van der Waals surface area contributed by atoms with E-state index in [0.29, 0.717) is 12.3 Å². The van der Waals surface area contributed by atoms with Gasteiger partial charge in [-0.25, -0.2) is 0 Å². The number of fused-ring (bicyclic) bond motifs is 1. The second-order valence-corrected chi connectivity index (χ2v) is 5.28. The van der Waals surface area contributed by atoms with Crippen LogP contribution >= 0.6 is 0 Å². The minimum absolute atomic E-state index is 0.0744. The summed E-state index contributed by atoms with van der Waals surface area (Å²) in [6, 6.07) is 0. The highest BCUT2D eigenvalue weighted by atomic mass is 16.5. The zero-order valence-corrected chi connectivity index (χ0v) is 10.2. The number of carbonyl (C=O) groups excluding carboxylic acids is 1. The Bertz CT molecular complexity index is 551. The molecule has 0 saturated carbocycles. The van der Waals surface area contributed by atoms with Crippen LogP contribution in [0.1, 0.15) is 19.3 Å². The smallest absolute Gasteiger partial charge is 0.310 e. The van der Waals surface area contributed by atoms with Gasteiger partial charge >= 0.3 is 5.97 Å². The molecule has 3 aliphatic heterocycles. The number of hydrogen-bond donors (Lipinski definition) is 0. The minimum Gasteiger partial charge on any atom is -0.430 e. The van der Waals surface area contributed by atoms with E-state index in [1.807, 2.05) is 0 Å². The largest absolute Gasteiger partial charge is 0.430 e. The van der Waals surface area contributed by atoms with E-state index in [-0.39, 0.29) is 5.97 Å². The summed E-state index contributed by atoms with van der Waals surface area (Å²) in [5, 5.41) is 0. The first-order chi connectivity index (χ1) is 8.83. The maximum atomic E-state index is 11.5. The van der Waals surface area contributed by atoms with Crippen molar-refractivity contribution in [2.45, 2.75) is 19.3 Å². The molecular formula is C15H15NO2. The standard InChI is InChI=1S/C15H15NO2/c17-13-6-5-11-9-10-3-1-7-16-8-2-4-12(14(10)16)15(11)18-13/h1-4,11H,5-9H2. The average molecular weight is 241 g/mol. The van der Waals surface area contributed by atoms with E-state index in [1.165, 1.54) is 11.3 Å². The van der Waals surface area contributed by atoms with Crippen LogP contribution in [0.15, 0.2) is 46.9 Å². The molecular weight excluding hydrogens is 226 g/mol. The molecule has 0 bridgehead atoms. The van der Waals surface area contributed by atoms with Crippen molar-refractivity contribution < 1.29 is 9.53 Å². The van der Waals surface area contributed by atoms with Crippen molar-refractivity contribution in [3.05, 3.63) is 46.9 Å². The number of rotatable bonds is 0. The Morgan fingerprint density at radius 1 is 1.22 bits per heavy atom. The number of ether oxygens (including phenoxy) is 1. The van der Waals surface area contributed by atoms with Crippen LogP contribution in [0.2, 0.25) is 0 Å². The molecule has 0 N–H and O–H groups in total. The van der Waals surface area contributed by atoms with Crippen LogP contribution in [0, 0.1) is 5.92 Å². The second-order valence-electron chi connectivity index (χ2n) is 5.28. The normalized spacial score (nSPS) is 29.2. The molecule has 0 spiro atoms. The molecule has 0 aromatic heterocycles. The Morgan fingerprint density at radius 3 is 2.94 bits per heavy atom. The van der Waals surface area contributed by atoms with Gasteiger partial charge in [0.1, 0.15) is 5.76 Å². The lowest BCUT2D eigenvalue weighted by atomic mass is 9.80. The predicted molar refractivity (Wildman–Crippen MR) is 67.3 cm³/mol. The van der Waals surface area contributed by atoms with Gasteiger partial charge in [-0.1, -0.05) is 24.3 Å². The SMILES string of the molecule is O=C1CCC2CC3=C4C(=C2O1)C=CCN4CC=C3. The lowest BCUT2D eigenvalue weighted by molar-refractivity contribution is -0.143. The third kappa shape index (κ3) is 1.33. The summed E-state index contributed by atoms with van der Waals surface area (Å²) in [6.45, 7) is 1.91. The molecule has 1 atom stereocenters. The van der Waals surface area contributed by atoms with Crippen LogP contribution < -0.4 is 0 Å². The summed E-state index contributed by atoms with van der Waals surface area (Å²) in [4.78, 5) is 13.9. The summed E-state index contributed by atoms with van der Waals surface area (Å²) in [7, 11) is 0. The molecule has 0 aromatic rings. The van der Waals surface area contributed by atoms with Gasteiger partial charge in [0.25, 0.3) is 0 Å². The Balaban J connectivity index is 1.89. The predicted octanol–water partition coefficient (Wildman–Crippen LogP) is 2.29. The van der Waals surface area contributed by atoms with E-state index in [1.54, 1.807) is 0 Å². The molecule has 1 fully saturated rings. The van der Waals surface area contributed by atoms with Crippen molar-refractivity contribution in [3.8, 4) is 0 Å². The van der Waals surface area contributed by atoms with Crippen LogP contribution in [0.4, 0.5) is 0 Å². The zero-order chi connectivity index (χ0) is 12.1. The monoisotopic (exact) mass is 241 g/mol. The minimum atomic E-state index is -0.0744. The van der Waals surface area contributed by atoms with Crippen LogP contribution in [-0.2, 0) is 9.53 Å². The highest BCUT2D eigenvalue weighted by Crippen LogP contribution is 2.44. The zero-order valence-electron chi connectivity index (χ0n) is 10.2. The van der Waals surface area contributed by atoms with Gasteiger partial charge in [0.2, 0.25) is 0 Å². The van der Waals surface area contributed by atoms with Gasteiger partial charge in [-0.15, -0.1) is 0 Å². The number of nitrogens with zero attached hydrogens (tertiary/aromatic N) is 1. The Hall–Kier alpha value is -1.77. The first-order valence-corrected chi connectivity index (χ1v) is 6.59. The van der Waals surface area contributed by atoms with Crippen LogP contribution in [-0.4, -0.2) is 24.0 Å². The lowest BCUT2D eigenvalue weighted by Crippen LogP contribution is -2.35. The number of allylic oxidation sites excluding steroid dienone is 4. The fraction of sp³-hybridized carbons (Fsp3) is 0.400. The van der Waals surface area contributed by atoms with Gasteiger partial charge < -0.3 is 9.64 Å². The highest BCUT2D eigenvalue weighted by molar-refractivity contribution is 5.73. The molecule has 3 nitrogen and oxygen atoms in total. The number of hydrogen-bond acceptors (Lipinski definition) is 3. The molecule has 3 heteroatoms. The summed E-state index contributed by atoms with van der Waals surface area (Å²) in [5.41, 5.74) is 3.85. The van der Waals surface area contributed by atoms with E-state index < -0.39 is 0 Å². The van der Waals surface area contributed by atoms with E-state index in [0.717, 1.165) is 37.3 Å². The first kappa shape index (κ1) is 10.2. The van der Waals surface area contributed by atoms with Gasteiger partial charge in [0.15, 0.2) is 0 Å². The highest BCUT2D eigenvalue weighted by Gasteiger charge is 2.36. The molecule has 1 unspecified atom stereocenters. The summed E-state index contributed by atoms with van der Waals surface area (Å²) >= 11 is 0. The van der Waals surface area contributed by atoms with Crippen LogP contribution in [0.25, 0.3) is 0 Å². The molecule has 0 aromatic carbocycles. The Labute approximate surface area is 106 Å². The third-order valence-corrected chi connectivity index (χ3v) is 4.15. The molecule has 0 amide bonds. The molecule has 4 rings (SSSR count). The van der Waals surface area contributed by atoms with Crippen molar-refractivity contribution in [1.29, 1.82) is 0 Å². The molecule has 1 saturated heterocycles. The van der Waals surface area contributed by atoms with E-state index in [9.17, 15) is 4.79 Å². The lowest BCUT2D eigenvalue weighted by Gasteiger charge is -2.40. The molecule has 1 aliphatic carbocycles. The van der Waals surface area contributed by atoms with Gasteiger partial charge in [-0.3, -0.25) is 4.79 Å². The molecule has 18 heavy (non-hydrogen) atoms. The summed E-state index contributed by atoms with van der Waals surface area (Å²) < 4.78 is 5.53. The van der Waals surface area contributed by atoms with Gasteiger partial charge in [0, 0.05) is 31.0 Å². The summed E-state index contributed by atoms with van der Waals surface area (Å²) in [6.07, 6.45) is 11.3. The van der Waals surface area contributed by atoms with E-state index >= 15 is 0 Å². The first-order valence-electron chi connectivity index (χ1n) is 6.59. The second kappa shape index (κ2) is 3.61. The maximum absolute atomic E-state index is 11.5. The molecule has 3 heterocycles. The topological polar surface area (TPSA) is 29.5 Å². The average Bonchev–Trinajstić information content (AvgIpc) is 2.40. The van der Waals surface area contributed by atoms with Crippen molar-refractivity contribution in [2.24, 2.45) is 5.92 Å². The Morgan fingerprint density at radius 2 is 2.06 bits per heavy atom. The van der Waals surface area contributed by atoms with E-state index in [2.05, 4.69) is 29.2 Å². The fourth-order valence-electron chi connectivity index (χ4n) is 3.36. The van der Waals surface area contributed by atoms with Gasteiger partial charge in [-0.05, 0) is 18.4 Å². The molecule has 0 radical (unpaired) electrons. The van der Waals surface area contributed by atoms with Crippen molar-refractivity contribution in [3.63, 3.8) is 0 Å². The fourth-order valence-corrected chi connectivity index (χ4v) is 3.36. The maximum Gasteiger partial charge on any atom is 0.310 e. The third-order valence-electron chi connectivity index (χ3n) is 4.15. The molecule has 92 valence electrons.